The highest BCUT2D eigenvalue weighted by Gasteiger charge is 2.15. The van der Waals surface area contributed by atoms with Crippen molar-refractivity contribution in [2.45, 2.75) is 19.8 Å². The van der Waals surface area contributed by atoms with Gasteiger partial charge in [-0.3, -0.25) is 19.7 Å². The molecule has 0 bridgehead atoms. The zero-order chi connectivity index (χ0) is 16.5. The Balaban J connectivity index is 2.50. The number of carbonyl (C=O) groups excluding carboxylic acids is 2. The van der Waals surface area contributed by atoms with E-state index in [-0.39, 0.29) is 24.5 Å². The Kier molecular flexibility index (Phi) is 6.81. The molecule has 0 unspecified atom stereocenters. The van der Waals surface area contributed by atoms with E-state index in [1.807, 2.05) is 0 Å². The Hall–Kier alpha value is -2.64. The average Bonchev–Trinajstić information content (AvgIpc) is 2.46. The quantitative estimate of drug-likeness (QED) is 0.335. The normalized spacial score (nSPS) is 9.91. The second-order valence-corrected chi connectivity index (χ2v) is 4.35. The summed E-state index contributed by atoms with van der Waals surface area (Å²) in [6.07, 6.45) is 0.139. The summed E-state index contributed by atoms with van der Waals surface area (Å²) < 4.78 is 9.63. The van der Waals surface area contributed by atoms with Gasteiger partial charge in [-0.1, -0.05) is 6.07 Å². The van der Waals surface area contributed by atoms with Crippen molar-refractivity contribution in [3.05, 3.63) is 33.9 Å². The molecule has 0 aliphatic heterocycles. The fourth-order valence-corrected chi connectivity index (χ4v) is 1.78. The Labute approximate surface area is 127 Å². The fraction of sp³-hybridized carbons (Fsp3) is 0.429. The Morgan fingerprint density at radius 1 is 1.36 bits per heavy atom. The number of amides is 1. The molecule has 1 rings (SSSR count). The first kappa shape index (κ1) is 17.4. The number of nitro benzene ring substituents is 1. The SMILES string of the molecule is CCOC(=O)CC(=O)NCCc1ccc([N+](=O)[O-])c(OC)c1. The molecule has 1 N–H and O–H groups in total. The Morgan fingerprint density at radius 2 is 2.09 bits per heavy atom. The number of esters is 1. The molecule has 0 atom stereocenters. The van der Waals surface area contributed by atoms with Gasteiger partial charge in [-0.25, -0.2) is 0 Å². The topological polar surface area (TPSA) is 108 Å². The van der Waals surface area contributed by atoms with Gasteiger partial charge in [0.25, 0.3) is 0 Å². The van der Waals surface area contributed by atoms with Gasteiger partial charge in [0.1, 0.15) is 6.42 Å². The highest BCUT2D eigenvalue weighted by molar-refractivity contribution is 5.94. The lowest BCUT2D eigenvalue weighted by Crippen LogP contribution is -2.28. The molecule has 0 radical (unpaired) electrons. The van der Waals surface area contributed by atoms with Crippen LogP contribution in [0.2, 0.25) is 0 Å². The van der Waals surface area contributed by atoms with Crippen LogP contribution in [-0.4, -0.2) is 37.1 Å². The van der Waals surface area contributed by atoms with Crippen molar-refractivity contribution in [1.82, 2.24) is 5.32 Å². The largest absolute Gasteiger partial charge is 0.490 e. The molecule has 8 nitrogen and oxygen atoms in total. The lowest BCUT2D eigenvalue weighted by molar-refractivity contribution is -0.385. The number of ether oxygens (including phenoxy) is 2. The molecule has 8 heteroatoms. The minimum Gasteiger partial charge on any atom is -0.490 e. The summed E-state index contributed by atoms with van der Waals surface area (Å²) in [5, 5.41) is 13.4. The number of nitrogens with zero attached hydrogens (tertiary/aromatic N) is 1. The number of benzene rings is 1. The molecule has 0 fully saturated rings. The third kappa shape index (κ3) is 5.39. The molecular formula is C14H18N2O6. The van der Waals surface area contributed by atoms with Crippen LogP contribution in [0.15, 0.2) is 18.2 Å². The van der Waals surface area contributed by atoms with E-state index in [1.165, 1.54) is 13.2 Å². The predicted octanol–water partition coefficient (Wildman–Crippen LogP) is 1.22. The third-order valence-corrected chi connectivity index (χ3v) is 2.79. The van der Waals surface area contributed by atoms with E-state index in [9.17, 15) is 19.7 Å². The summed E-state index contributed by atoms with van der Waals surface area (Å²) in [4.78, 5) is 32.8. The van der Waals surface area contributed by atoms with Gasteiger partial charge >= 0.3 is 11.7 Å². The third-order valence-electron chi connectivity index (χ3n) is 2.79. The number of carbonyl (C=O) groups is 2. The van der Waals surface area contributed by atoms with Crippen LogP contribution in [0.25, 0.3) is 0 Å². The smallest absolute Gasteiger partial charge is 0.315 e. The van der Waals surface area contributed by atoms with E-state index in [1.54, 1.807) is 19.1 Å². The summed E-state index contributed by atoms with van der Waals surface area (Å²) in [6, 6.07) is 4.50. The van der Waals surface area contributed by atoms with E-state index in [4.69, 9.17) is 4.74 Å². The van der Waals surface area contributed by atoms with Gasteiger partial charge in [0, 0.05) is 12.6 Å². The molecule has 1 amide bonds. The Bertz CT molecular complexity index is 558. The highest BCUT2D eigenvalue weighted by atomic mass is 16.6. The minimum absolute atomic E-state index is 0.113. The van der Waals surface area contributed by atoms with Gasteiger partial charge in [-0.2, -0.15) is 0 Å². The van der Waals surface area contributed by atoms with Crippen LogP contribution in [0.3, 0.4) is 0 Å². The maximum atomic E-state index is 11.5. The second kappa shape index (κ2) is 8.60. The molecule has 0 spiro atoms. The summed E-state index contributed by atoms with van der Waals surface area (Å²) in [7, 11) is 1.35. The molecule has 0 aromatic heterocycles. The second-order valence-electron chi connectivity index (χ2n) is 4.35. The average molecular weight is 310 g/mol. The summed E-state index contributed by atoms with van der Waals surface area (Å²) in [5.74, 6) is -0.829. The van der Waals surface area contributed by atoms with Gasteiger partial charge in [-0.15, -0.1) is 0 Å². The first-order valence-electron chi connectivity index (χ1n) is 6.71. The lowest BCUT2D eigenvalue weighted by Gasteiger charge is -2.07. The van der Waals surface area contributed by atoms with Gasteiger partial charge in [-0.05, 0) is 25.0 Å². The zero-order valence-electron chi connectivity index (χ0n) is 12.5. The summed E-state index contributed by atoms with van der Waals surface area (Å²) in [5.41, 5.74) is 0.663. The molecular weight excluding hydrogens is 292 g/mol. The van der Waals surface area contributed by atoms with Crippen LogP contribution in [0, 0.1) is 10.1 Å². The molecule has 0 heterocycles. The van der Waals surface area contributed by atoms with Gasteiger partial charge < -0.3 is 14.8 Å². The number of nitro groups is 1. The number of methoxy groups -OCH3 is 1. The molecule has 0 aliphatic rings. The van der Waals surface area contributed by atoms with E-state index < -0.39 is 16.8 Å². The van der Waals surface area contributed by atoms with Crippen molar-refractivity contribution in [2.24, 2.45) is 0 Å². The monoisotopic (exact) mass is 310 g/mol. The maximum absolute atomic E-state index is 11.5. The number of hydrogen-bond acceptors (Lipinski definition) is 6. The van der Waals surface area contributed by atoms with E-state index in [2.05, 4.69) is 10.1 Å². The van der Waals surface area contributed by atoms with Crippen molar-refractivity contribution in [2.75, 3.05) is 20.3 Å². The van der Waals surface area contributed by atoms with Crippen LogP contribution in [0.5, 0.6) is 5.75 Å². The van der Waals surface area contributed by atoms with Crippen molar-refractivity contribution in [3.8, 4) is 5.75 Å². The fourth-order valence-electron chi connectivity index (χ4n) is 1.78. The van der Waals surface area contributed by atoms with E-state index in [0.29, 0.717) is 13.0 Å². The first-order valence-corrected chi connectivity index (χ1v) is 6.71. The Morgan fingerprint density at radius 3 is 2.68 bits per heavy atom. The number of nitrogens with one attached hydrogen (secondary N) is 1. The zero-order valence-corrected chi connectivity index (χ0v) is 12.5. The van der Waals surface area contributed by atoms with Gasteiger partial charge in [0.15, 0.2) is 5.75 Å². The van der Waals surface area contributed by atoms with Crippen LogP contribution < -0.4 is 10.1 Å². The summed E-state index contributed by atoms with van der Waals surface area (Å²) >= 11 is 0. The van der Waals surface area contributed by atoms with Gasteiger partial charge in [0.05, 0.1) is 18.6 Å². The van der Waals surface area contributed by atoms with Crippen molar-refractivity contribution in [1.29, 1.82) is 0 Å². The molecule has 1 aromatic carbocycles. The molecule has 0 aliphatic carbocycles. The standard InChI is InChI=1S/C14H18N2O6/c1-3-22-14(18)9-13(17)15-7-6-10-4-5-11(16(19)20)12(8-10)21-2/h4-5,8H,3,6-7,9H2,1-2H3,(H,15,17). The molecule has 0 saturated heterocycles. The van der Waals surface area contributed by atoms with E-state index >= 15 is 0 Å². The first-order chi connectivity index (χ1) is 10.5. The molecule has 0 saturated carbocycles. The predicted molar refractivity (Wildman–Crippen MR) is 77.6 cm³/mol. The summed E-state index contributed by atoms with van der Waals surface area (Å²) in [6.45, 7) is 2.20. The number of rotatable bonds is 8. The van der Waals surface area contributed by atoms with Crippen molar-refractivity contribution < 1.29 is 24.0 Å². The lowest BCUT2D eigenvalue weighted by atomic mass is 10.1. The van der Waals surface area contributed by atoms with Crippen LogP contribution >= 0.6 is 0 Å². The van der Waals surface area contributed by atoms with Gasteiger partial charge in [0.2, 0.25) is 5.91 Å². The van der Waals surface area contributed by atoms with Crippen LogP contribution in [-0.2, 0) is 20.7 Å². The molecule has 22 heavy (non-hydrogen) atoms. The maximum Gasteiger partial charge on any atom is 0.315 e. The van der Waals surface area contributed by atoms with Crippen LogP contribution in [0.1, 0.15) is 18.9 Å². The highest BCUT2D eigenvalue weighted by Crippen LogP contribution is 2.27. The van der Waals surface area contributed by atoms with Crippen molar-refractivity contribution in [3.63, 3.8) is 0 Å². The number of hydrogen-bond donors (Lipinski definition) is 1. The molecule has 1 aromatic rings. The minimum atomic E-state index is -0.572. The molecule has 120 valence electrons. The van der Waals surface area contributed by atoms with Crippen LogP contribution in [0.4, 0.5) is 5.69 Å². The van der Waals surface area contributed by atoms with E-state index in [0.717, 1.165) is 5.56 Å². The van der Waals surface area contributed by atoms with Crippen molar-refractivity contribution >= 4 is 17.6 Å².